The van der Waals surface area contributed by atoms with Crippen LogP contribution in [0.1, 0.15) is 5.56 Å². The number of thioether (sulfide) groups is 1. The highest BCUT2D eigenvalue weighted by Gasteiger charge is 2.26. The van der Waals surface area contributed by atoms with Crippen molar-refractivity contribution in [1.29, 1.82) is 0 Å². The molecule has 132 valence electrons. The molecule has 0 atom stereocenters. The summed E-state index contributed by atoms with van der Waals surface area (Å²) >= 11 is 7.48. The Morgan fingerprint density at radius 2 is 1.96 bits per heavy atom. The first-order valence-corrected chi connectivity index (χ1v) is 9.42. The zero-order valence-corrected chi connectivity index (χ0v) is 15.4. The Bertz CT molecular complexity index is 879. The number of fused-ring (bicyclic) bond motifs is 1. The van der Waals surface area contributed by atoms with Crippen LogP contribution in [-0.2, 0) is 4.79 Å². The molecule has 5 nitrogen and oxygen atoms in total. The van der Waals surface area contributed by atoms with Crippen molar-refractivity contribution in [3.05, 3.63) is 64.5 Å². The molecule has 0 bridgehead atoms. The van der Waals surface area contributed by atoms with Gasteiger partial charge in [-0.2, -0.15) is 0 Å². The van der Waals surface area contributed by atoms with E-state index in [9.17, 15) is 4.79 Å². The fraction of sp³-hybridized carbons (Fsp3) is 0.158. The number of amides is 1. The Morgan fingerprint density at radius 1 is 1.19 bits per heavy atom. The number of benzene rings is 2. The number of rotatable bonds is 5. The smallest absolute Gasteiger partial charge is 0.262 e. The number of carbonyl (C=O) groups is 1. The van der Waals surface area contributed by atoms with E-state index in [1.165, 1.54) is 0 Å². The topological polar surface area (TPSA) is 53.9 Å². The van der Waals surface area contributed by atoms with E-state index < -0.39 is 0 Å². The molecule has 0 saturated carbocycles. The molecule has 1 N–H and O–H groups in total. The molecule has 0 radical (unpaired) electrons. The number of amidine groups is 1. The number of halogens is 1. The van der Waals surface area contributed by atoms with Gasteiger partial charge < -0.3 is 15.0 Å². The lowest BCUT2D eigenvalue weighted by molar-refractivity contribution is -0.118. The molecule has 2 heterocycles. The van der Waals surface area contributed by atoms with Crippen LogP contribution in [0.2, 0.25) is 5.02 Å². The third-order valence-corrected chi connectivity index (χ3v) is 5.17. The monoisotopic (exact) mass is 385 g/mol. The Balaban J connectivity index is 1.33. The molecular formula is C19H16ClN3O2S. The Hall–Kier alpha value is -2.44. The van der Waals surface area contributed by atoms with Gasteiger partial charge in [-0.1, -0.05) is 35.5 Å². The van der Waals surface area contributed by atoms with Gasteiger partial charge >= 0.3 is 0 Å². The summed E-state index contributed by atoms with van der Waals surface area (Å²) in [6, 6.07) is 14.7. The van der Waals surface area contributed by atoms with Gasteiger partial charge in [0.25, 0.3) is 5.91 Å². The Labute approximate surface area is 160 Å². The molecule has 1 amide bonds. The zero-order chi connectivity index (χ0) is 17.9. The van der Waals surface area contributed by atoms with Gasteiger partial charge in [0.15, 0.2) is 11.8 Å². The minimum atomic E-state index is -0.211. The average molecular weight is 386 g/mol. The van der Waals surface area contributed by atoms with Crippen molar-refractivity contribution in [1.82, 2.24) is 4.90 Å². The molecule has 0 saturated heterocycles. The number of nitrogens with zero attached hydrogens (tertiary/aromatic N) is 2. The van der Waals surface area contributed by atoms with E-state index >= 15 is 0 Å². The lowest BCUT2D eigenvalue weighted by Gasteiger charge is -2.17. The molecule has 26 heavy (non-hydrogen) atoms. The van der Waals surface area contributed by atoms with Crippen molar-refractivity contribution >= 4 is 45.8 Å². The first-order valence-electron chi connectivity index (χ1n) is 8.16. The molecule has 4 rings (SSSR count). The highest BCUT2D eigenvalue weighted by Crippen LogP contribution is 2.35. The summed E-state index contributed by atoms with van der Waals surface area (Å²) in [4.78, 5) is 18.7. The summed E-state index contributed by atoms with van der Waals surface area (Å²) in [6.07, 6.45) is 0. The molecule has 2 aliphatic heterocycles. The second-order valence-corrected chi connectivity index (χ2v) is 7.08. The molecular weight excluding hydrogens is 370 g/mol. The fourth-order valence-corrected chi connectivity index (χ4v) is 3.84. The predicted octanol–water partition coefficient (Wildman–Crippen LogP) is 4.07. The van der Waals surface area contributed by atoms with Gasteiger partial charge in [0.2, 0.25) is 0 Å². The van der Waals surface area contributed by atoms with Gasteiger partial charge in [0, 0.05) is 22.7 Å². The molecule has 7 heteroatoms. The molecule has 2 aliphatic rings. The van der Waals surface area contributed by atoms with Crippen LogP contribution in [0.25, 0.3) is 5.70 Å². The minimum absolute atomic E-state index is 0.0568. The molecule has 0 aliphatic carbocycles. The van der Waals surface area contributed by atoms with Gasteiger partial charge in [-0.15, -0.1) is 0 Å². The number of ether oxygens (including phenoxy) is 1. The Morgan fingerprint density at radius 3 is 2.73 bits per heavy atom. The van der Waals surface area contributed by atoms with Crippen LogP contribution < -0.4 is 10.1 Å². The van der Waals surface area contributed by atoms with E-state index in [-0.39, 0.29) is 12.5 Å². The van der Waals surface area contributed by atoms with Gasteiger partial charge in [-0.25, -0.2) is 0 Å². The molecule has 0 spiro atoms. The zero-order valence-electron chi connectivity index (χ0n) is 13.8. The summed E-state index contributed by atoms with van der Waals surface area (Å²) < 4.78 is 5.44. The van der Waals surface area contributed by atoms with E-state index in [0.29, 0.717) is 10.8 Å². The van der Waals surface area contributed by atoms with E-state index in [2.05, 4.69) is 20.6 Å². The summed E-state index contributed by atoms with van der Waals surface area (Å²) in [5.41, 5.74) is 3.01. The Kier molecular flexibility index (Phi) is 4.86. The summed E-state index contributed by atoms with van der Waals surface area (Å²) in [7, 11) is 0. The lowest BCUT2D eigenvalue weighted by Crippen LogP contribution is -2.20. The number of carbonyl (C=O) groups excluding carboxylic acids is 1. The summed E-state index contributed by atoms with van der Waals surface area (Å²) in [5.74, 6) is 0.394. The van der Waals surface area contributed by atoms with Crippen molar-refractivity contribution in [2.24, 2.45) is 4.99 Å². The summed E-state index contributed by atoms with van der Waals surface area (Å²) in [6.45, 7) is 1.72. The average Bonchev–Trinajstić information content (AvgIpc) is 3.26. The van der Waals surface area contributed by atoms with Crippen LogP contribution in [-0.4, -0.2) is 35.7 Å². The minimum Gasteiger partial charge on any atom is -0.484 e. The first kappa shape index (κ1) is 17.0. The van der Waals surface area contributed by atoms with E-state index in [0.717, 1.165) is 35.2 Å². The highest BCUT2D eigenvalue weighted by atomic mass is 35.5. The maximum Gasteiger partial charge on any atom is 0.262 e. The second-order valence-electron chi connectivity index (χ2n) is 5.80. The fourth-order valence-electron chi connectivity index (χ4n) is 2.75. The molecule has 0 aromatic heterocycles. The SMILES string of the molecule is O=C(COc1ccc(Cl)cc1)Nc1ccc(C2=CSC3=NCCN23)cc1. The first-order chi connectivity index (χ1) is 12.7. The van der Waals surface area contributed by atoms with Gasteiger partial charge in [0.05, 0.1) is 12.2 Å². The van der Waals surface area contributed by atoms with Gasteiger partial charge in [0.1, 0.15) is 5.75 Å². The number of nitrogens with one attached hydrogen (secondary N) is 1. The number of hydrogen-bond acceptors (Lipinski definition) is 5. The molecule has 2 aromatic rings. The van der Waals surface area contributed by atoms with Crippen LogP contribution in [0.5, 0.6) is 5.75 Å². The quantitative estimate of drug-likeness (QED) is 0.842. The lowest BCUT2D eigenvalue weighted by atomic mass is 10.1. The number of anilines is 1. The van der Waals surface area contributed by atoms with E-state index in [1.807, 2.05) is 24.3 Å². The third-order valence-electron chi connectivity index (χ3n) is 4.02. The van der Waals surface area contributed by atoms with Gasteiger partial charge in [-0.05, 0) is 42.0 Å². The normalized spacial score (nSPS) is 15.3. The van der Waals surface area contributed by atoms with E-state index in [4.69, 9.17) is 16.3 Å². The molecule has 2 aromatic carbocycles. The van der Waals surface area contributed by atoms with Gasteiger partial charge in [-0.3, -0.25) is 9.79 Å². The van der Waals surface area contributed by atoms with E-state index in [1.54, 1.807) is 36.0 Å². The van der Waals surface area contributed by atoms with Crippen molar-refractivity contribution in [3.8, 4) is 5.75 Å². The van der Waals surface area contributed by atoms with Crippen molar-refractivity contribution in [2.75, 3.05) is 25.0 Å². The molecule has 0 unspecified atom stereocenters. The van der Waals surface area contributed by atoms with Crippen LogP contribution >= 0.6 is 23.4 Å². The van der Waals surface area contributed by atoms with Crippen LogP contribution in [0.3, 0.4) is 0 Å². The maximum absolute atomic E-state index is 12.0. The van der Waals surface area contributed by atoms with Crippen molar-refractivity contribution < 1.29 is 9.53 Å². The van der Waals surface area contributed by atoms with Crippen LogP contribution in [0.15, 0.2) is 58.9 Å². The molecule has 0 fully saturated rings. The van der Waals surface area contributed by atoms with Crippen LogP contribution in [0.4, 0.5) is 5.69 Å². The van der Waals surface area contributed by atoms with Crippen molar-refractivity contribution in [3.63, 3.8) is 0 Å². The van der Waals surface area contributed by atoms with Crippen molar-refractivity contribution in [2.45, 2.75) is 0 Å². The number of hydrogen-bond donors (Lipinski definition) is 1. The van der Waals surface area contributed by atoms with Crippen LogP contribution in [0, 0.1) is 0 Å². The highest BCUT2D eigenvalue weighted by molar-refractivity contribution is 8.16. The maximum atomic E-state index is 12.0. The predicted molar refractivity (Wildman–Crippen MR) is 107 cm³/mol. The standard InChI is InChI=1S/C19H16ClN3O2S/c20-14-3-7-16(8-4-14)25-11-18(24)22-15-5-1-13(2-6-15)17-12-26-19-21-9-10-23(17)19/h1-8,12H,9-11H2,(H,22,24). The number of aliphatic imine (C=N–C) groups is 1. The third kappa shape index (κ3) is 3.71. The largest absolute Gasteiger partial charge is 0.484 e. The summed E-state index contributed by atoms with van der Waals surface area (Å²) in [5, 5.41) is 6.65. The second kappa shape index (κ2) is 7.43.